The van der Waals surface area contributed by atoms with Crippen molar-refractivity contribution in [3.05, 3.63) is 168 Å². The normalized spacial score (nSPS) is 14.7. The fourth-order valence-electron chi connectivity index (χ4n) is 14.8. The fourth-order valence-corrected chi connectivity index (χ4v) is 14.8. The van der Waals surface area contributed by atoms with E-state index >= 15 is 33.6 Å². The summed E-state index contributed by atoms with van der Waals surface area (Å²) in [5.41, 5.74) is 32.0. The highest BCUT2D eigenvalue weighted by molar-refractivity contribution is 6.02. The van der Waals surface area contributed by atoms with Crippen LogP contribution < -0.4 is 108 Å². The number of aliphatic hydroxyl groups is 1. The summed E-state index contributed by atoms with van der Waals surface area (Å²) >= 11 is 0. The number of aromatic hydroxyl groups is 2. The Hall–Kier alpha value is -15.1. The number of aromatic nitrogens is 2. The number of nitrogens with one attached hydrogen (secondary N) is 18. The molecule has 746 valence electrons. The molecule has 138 heavy (non-hydrogen) atoms. The SMILES string of the molecule is CC[C@H](C)[C@H](NC(=O)[C@H](Cc1c[nH]c2ccccc12)NC(=O)[C@H](Cc1ccccc1)NC(=O)[C@H](Cc1ccc(O)cc1)NC(=O)[C@H](CCC(N)=O)NC(=O)[C@@H](N)CCCNC(=N)N)C(=O)N[C@@H](C)C(=O)N[C@@H](Cc1c[nH]c2ccccc12)C(=O)N[C@@H](Cc1ccc(O)cc1)C(=O)N[C@@H](CCCCN)C(=O)N[C@@H](CC(C)C)C(=O)N[C@@H](C)C(=O)N[C@@H](CC(N)=O)C(=O)N[C@@H](CO)C(=O)N[C@@H](C)C(=O)O. The second-order valence-corrected chi connectivity index (χ2v) is 34.4. The number of guanidine groups is 1. The summed E-state index contributed by atoms with van der Waals surface area (Å²) in [5, 5.41) is 87.3. The van der Waals surface area contributed by atoms with E-state index < -0.39 is 216 Å². The second kappa shape index (κ2) is 54.5. The van der Waals surface area contributed by atoms with E-state index in [4.69, 9.17) is 34.1 Å². The lowest BCUT2D eigenvalue weighted by molar-refractivity contribution is -0.142. The van der Waals surface area contributed by atoms with Crippen molar-refractivity contribution < 1.29 is 102 Å². The molecule has 0 aliphatic rings. The van der Waals surface area contributed by atoms with E-state index in [-0.39, 0.29) is 114 Å². The summed E-state index contributed by atoms with van der Waals surface area (Å²) in [6.45, 7) is 9.76. The number of para-hydroxylation sites is 2. The minimum Gasteiger partial charge on any atom is -0.508 e. The number of aliphatic carboxylic acids is 1. The van der Waals surface area contributed by atoms with Gasteiger partial charge in [-0.1, -0.05) is 125 Å². The van der Waals surface area contributed by atoms with E-state index in [9.17, 15) is 68.4 Å². The molecular formula is C94H129N23O21. The zero-order valence-electron chi connectivity index (χ0n) is 77.9. The molecule has 44 nitrogen and oxygen atoms in total. The van der Waals surface area contributed by atoms with E-state index in [0.717, 1.165) is 6.92 Å². The van der Waals surface area contributed by atoms with E-state index in [1.54, 1.807) is 119 Å². The molecule has 0 radical (unpaired) electrons. The van der Waals surface area contributed by atoms with Crippen LogP contribution in [-0.4, -0.2) is 247 Å². The highest BCUT2D eigenvalue weighted by atomic mass is 16.4. The molecule has 16 amide bonds. The van der Waals surface area contributed by atoms with Crippen LogP contribution in [0.3, 0.4) is 0 Å². The Morgan fingerprint density at radius 3 is 1.21 bits per heavy atom. The molecule has 32 N–H and O–H groups in total. The number of carboxylic acids is 1. The number of rotatable bonds is 57. The van der Waals surface area contributed by atoms with Gasteiger partial charge >= 0.3 is 5.97 Å². The van der Waals surface area contributed by atoms with Crippen LogP contribution in [0.25, 0.3) is 21.8 Å². The number of hydrogen-bond donors (Lipinski definition) is 27. The number of nitrogens with two attached hydrogens (primary N) is 5. The third-order valence-corrected chi connectivity index (χ3v) is 22.9. The van der Waals surface area contributed by atoms with Gasteiger partial charge in [0, 0.05) is 79.3 Å². The van der Waals surface area contributed by atoms with Crippen LogP contribution in [0, 0.1) is 17.2 Å². The van der Waals surface area contributed by atoms with E-state index in [1.165, 1.54) is 62.4 Å². The Morgan fingerprint density at radius 2 is 0.761 bits per heavy atom. The third kappa shape index (κ3) is 35.3. The van der Waals surface area contributed by atoms with E-state index in [1.807, 2.05) is 0 Å². The summed E-state index contributed by atoms with van der Waals surface area (Å²) in [4.78, 5) is 246. The third-order valence-electron chi connectivity index (χ3n) is 22.9. The molecule has 44 heteroatoms. The maximum Gasteiger partial charge on any atom is 0.325 e. The van der Waals surface area contributed by atoms with Crippen molar-refractivity contribution in [1.82, 2.24) is 89.7 Å². The van der Waals surface area contributed by atoms with Crippen molar-refractivity contribution in [1.29, 1.82) is 5.41 Å². The Bertz CT molecular complexity index is 5390. The quantitative estimate of drug-likeness (QED) is 0.0106. The summed E-state index contributed by atoms with van der Waals surface area (Å²) in [6, 6.07) is 10.7. The van der Waals surface area contributed by atoms with Gasteiger partial charge in [-0.05, 0) is 148 Å². The minimum absolute atomic E-state index is 0.0720. The van der Waals surface area contributed by atoms with Crippen LogP contribution >= 0.6 is 0 Å². The zero-order valence-corrected chi connectivity index (χ0v) is 77.9. The summed E-state index contributed by atoms with van der Waals surface area (Å²) in [6.07, 6.45) is 1.25. The highest BCUT2D eigenvalue weighted by Gasteiger charge is 2.40. The van der Waals surface area contributed by atoms with Crippen molar-refractivity contribution in [3.63, 3.8) is 0 Å². The maximum absolute atomic E-state index is 15.5. The van der Waals surface area contributed by atoms with Crippen molar-refractivity contribution in [3.8, 4) is 11.5 Å². The van der Waals surface area contributed by atoms with Gasteiger partial charge in [0.1, 0.15) is 96.1 Å². The average Bonchev–Trinajstić information content (AvgIpc) is 1.70. The van der Waals surface area contributed by atoms with E-state index in [0.29, 0.717) is 56.0 Å². The standard InChI is InChI=1S/C94H129N23O21/c1-8-50(4)78(117-90(134)73(44-58-47-103-65-25-15-13-22-62(58)65)115-87(131)69(40-54-19-10-9-11-20-54)113-86(130)71(42-56-29-33-60(120)34-30-56)112-83(127)67(35-36-76(97)121)107-81(125)63(96)23-18-38-101-94(99)100)92(136)105-52(6)80(124)109-72(43-57-46-102-64-24-14-12-21-61(57)64)88(132)114-70(41-55-27-31-59(119)32-28-55)85(129)108-66(26-16-17-37-95)82(126)111-68(39-49(2)3)84(128)104-51(5)79(123)110-74(45-77(98)122)89(133)116-75(48-118)91(135)106-53(7)93(137)138/h9-15,19-22,24-25,27-34,46-47,49-53,63,66-75,78,102-103,118-120H,8,16-18,23,26,35-45,48,95-96H2,1-7H3,(H2,97,121)(H2,98,122)(H,104,128)(H,105,136)(H,106,135)(H,107,125)(H,108,129)(H,109,124)(H,110,123)(H,111,126)(H,112,127)(H,113,130)(H,114,132)(H,115,131)(H,116,133)(H,117,134)(H,137,138)(H4,99,100,101)/t50-,51-,52-,53-,63-,66-,67-,68-,69-,70-,71-,72-,73-,74-,75-,78-/m0/s1. The van der Waals surface area contributed by atoms with Crippen LogP contribution in [0.15, 0.2) is 140 Å². The lowest BCUT2D eigenvalue weighted by atomic mass is 9.96. The molecule has 0 fully saturated rings. The number of amides is 16. The Balaban J connectivity index is 1.15. The molecule has 0 spiro atoms. The number of carbonyl (C=O) groups is 17. The molecule has 0 aliphatic heterocycles. The number of unbranched alkanes of at least 4 members (excludes halogenated alkanes) is 1. The number of benzene rings is 5. The van der Waals surface area contributed by atoms with Gasteiger partial charge < -0.3 is 139 Å². The molecule has 5 aromatic carbocycles. The molecule has 0 aliphatic carbocycles. The van der Waals surface area contributed by atoms with Crippen LogP contribution in [0.4, 0.5) is 0 Å². The first-order chi connectivity index (χ1) is 65.5. The monoisotopic (exact) mass is 1920 g/mol. The van der Waals surface area contributed by atoms with Crippen molar-refractivity contribution in [2.45, 2.75) is 235 Å². The average molecular weight is 1920 g/mol. The molecule has 0 bridgehead atoms. The van der Waals surface area contributed by atoms with Gasteiger partial charge in [0.25, 0.3) is 0 Å². The number of aromatic amines is 2. The molecule has 0 saturated carbocycles. The molecule has 7 aromatic rings. The van der Waals surface area contributed by atoms with Gasteiger partial charge in [0.15, 0.2) is 5.96 Å². The highest BCUT2D eigenvalue weighted by Crippen LogP contribution is 2.24. The number of aliphatic hydroxyl groups excluding tert-OH is 1. The largest absolute Gasteiger partial charge is 0.508 e. The number of phenols is 2. The van der Waals surface area contributed by atoms with Gasteiger partial charge in [-0.25, -0.2) is 0 Å². The first kappa shape index (κ1) is 110. The molecule has 7 rings (SSSR count). The Morgan fingerprint density at radius 1 is 0.384 bits per heavy atom. The van der Waals surface area contributed by atoms with Gasteiger partial charge in [-0.15, -0.1) is 0 Å². The molecule has 0 saturated heterocycles. The minimum atomic E-state index is -1.81. The van der Waals surface area contributed by atoms with Gasteiger partial charge in [-0.2, -0.15) is 0 Å². The fraction of sp³-hybridized carbons (Fsp3) is 0.447. The molecule has 16 atom stereocenters. The maximum atomic E-state index is 15.5. The lowest BCUT2D eigenvalue weighted by Gasteiger charge is -2.29. The summed E-state index contributed by atoms with van der Waals surface area (Å²) in [7, 11) is 0. The smallest absolute Gasteiger partial charge is 0.325 e. The molecule has 2 heterocycles. The number of carboxylic acid groups (broad SMARTS) is 1. The van der Waals surface area contributed by atoms with Gasteiger partial charge in [0.2, 0.25) is 94.5 Å². The van der Waals surface area contributed by atoms with Crippen molar-refractivity contribution >= 4 is 128 Å². The number of fused-ring (bicyclic) bond motifs is 2. The molecular weight excluding hydrogens is 1790 g/mol. The number of primary amides is 2. The number of H-pyrrole nitrogens is 2. The first-order valence-corrected chi connectivity index (χ1v) is 45.4. The number of hydrogen-bond acceptors (Lipinski definition) is 23. The van der Waals surface area contributed by atoms with Crippen LogP contribution in [0.1, 0.15) is 140 Å². The van der Waals surface area contributed by atoms with Gasteiger partial charge in [-0.3, -0.25) is 86.9 Å². The number of phenolic OH excluding ortho intramolecular Hbond substituents is 2. The second-order valence-electron chi connectivity index (χ2n) is 34.4. The van der Waals surface area contributed by atoms with Crippen LogP contribution in [0.2, 0.25) is 0 Å². The zero-order chi connectivity index (χ0) is 102. The van der Waals surface area contributed by atoms with E-state index in [2.05, 4.69) is 89.7 Å². The van der Waals surface area contributed by atoms with Crippen molar-refractivity contribution in [2.75, 3.05) is 19.7 Å². The van der Waals surface area contributed by atoms with Crippen LogP contribution in [0.5, 0.6) is 11.5 Å². The lowest BCUT2D eigenvalue weighted by Crippen LogP contribution is -2.62. The first-order valence-electron chi connectivity index (χ1n) is 45.4. The van der Waals surface area contributed by atoms with Crippen LogP contribution in [-0.2, 0) is 114 Å². The molecule has 2 aromatic heterocycles. The Labute approximate surface area is 796 Å². The summed E-state index contributed by atoms with van der Waals surface area (Å²) in [5.74, 6) is -18.6. The molecule has 0 unspecified atom stereocenters. The summed E-state index contributed by atoms with van der Waals surface area (Å²) < 4.78 is 0. The number of carbonyl (C=O) groups excluding carboxylic acids is 16. The van der Waals surface area contributed by atoms with Gasteiger partial charge in [0.05, 0.1) is 19.1 Å². The predicted octanol–water partition coefficient (Wildman–Crippen LogP) is -2.55. The Kier molecular flexibility index (Phi) is 43.4. The topological polar surface area (TPSA) is 737 Å². The van der Waals surface area contributed by atoms with Crippen molar-refractivity contribution in [2.24, 2.45) is 40.5 Å². The predicted molar refractivity (Wildman–Crippen MR) is 508 cm³/mol.